The Balaban J connectivity index is 2.14. The SMILES string of the molecule is Cc1nc(Br)ccc1NCc1cccc(Cl)c1O. The number of rotatable bonds is 3. The van der Waals surface area contributed by atoms with Crippen molar-refractivity contribution in [2.75, 3.05) is 5.32 Å². The van der Waals surface area contributed by atoms with Crippen LogP contribution in [-0.2, 0) is 6.54 Å². The molecule has 5 heteroatoms. The standard InChI is InChI=1S/C13H12BrClN2O/c1-8-11(5-6-12(14)17-8)16-7-9-3-2-4-10(15)13(9)18/h2-6,16,18H,7H2,1H3. The number of hydrogen-bond donors (Lipinski definition) is 2. The number of phenolic OH excluding ortho intramolecular Hbond substituents is 1. The monoisotopic (exact) mass is 326 g/mol. The van der Waals surface area contributed by atoms with Gasteiger partial charge in [-0.25, -0.2) is 4.98 Å². The lowest BCUT2D eigenvalue weighted by molar-refractivity contribution is 0.469. The molecule has 0 aliphatic heterocycles. The van der Waals surface area contributed by atoms with E-state index in [1.54, 1.807) is 6.07 Å². The van der Waals surface area contributed by atoms with E-state index in [9.17, 15) is 5.11 Å². The van der Waals surface area contributed by atoms with Gasteiger partial charge in [-0.05, 0) is 41.1 Å². The van der Waals surface area contributed by atoms with Crippen LogP contribution in [0.4, 0.5) is 5.69 Å². The number of aryl methyl sites for hydroxylation is 1. The molecule has 1 heterocycles. The normalized spacial score (nSPS) is 10.4. The Bertz CT molecular complexity index is 575. The van der Waals surface area contributed by atoms with E-state index in [1.807, 2.05) is 31.2 Å². The van der Waals surface area contributed by atoms with Crippen molar-refractivity contribution in [1.82, 2.24) is 4.98 Å². The molecule has 1 aromatic carbocycles. The third-order valence-corrected chi connectivity index (χ3v) is 3.34. The average Bonchev–Trinajstić information content (AvgIpc) is 2.33. The predicted molar refractivity (Wildman–Crippen MR) is 77.1 cm³/mol. The molecule has 0 spiro atoms. The second-order valence-corrected chi connectivity index (χ2v) is 5.09. The molecule has 0 aliphatic carbocycles. The van der Waals surface area contributed by atoms with Crippen LogP contribution in [-0.4, -0.2) is 10.1 Å². The molecule has 0 saturated heterocycles. The summed E-state index contributed by atoms with van der Waals surface area (Å²) in [5.41, 5.74) is 2.58. The lowest BCUT2D eigenvalue weighted by Gasteiger charge is -2.10. The predicted octanol–water partition coefficient (Wildman–Crippen LogP) is 4.12. The van der Waals surface area contributed by atoms with E-state index in [1.165, 1.54) is 0 Å². The van der Waals surface area contributed by atoms with Gasteiger partial charge in [0.15, 0.2) is 0 Å². The van der Waals surface area contributed by atoms with E-state index in [4.69, 9.17) is 11.6 Å². The molecule has 0 fully saturated rings. The molecule has 94 valence electrons. The highest BCUT2D eigenvalue weighted by Gasteiger charge is 2.06. The van der Waals surface area contributed by atoms with E-state index in [-0.39, 0.29) is 5.75 Å². The fourth-order valence-corrected chi connectivity index (χ4v) is 2.20. The van der Waals surface area contributed by atoms with Crippen LogP contribution >= 0.6 is 27.5 Å². The molecule has 0 bridgehead atoms. The topological polar surface area (TPSA) is 45.2 Å². The number of hydrogen-bond acceptors (Lipinski definition) is 3. The van der Waals surface area contributed by atoms with E-state index in [0.717, 1.165) is 21.5 Å². The average molecular weight is 328 g/mol. The van der Waals surface area contributed by atoms with Crippen molar-refractivity contribution in [2.24, 2.45) is 0 Å². The van der Waals surface area contributed by atoms with Crippen molar-refractivity contribution < 1.29 is 5.11 Å². The summed E-state index contributed by atoms with van der Waals surface area (Å²) in [5.74, 6) is 0.120. The Morgan fingerprint density at radius 1 is 1.33 bits per heavy atom. The molecule has 0 radical (unpaired) electrons. The first-order valence-electron chi connectivity index (χ1n) is 5.41. The number of nitrogens with zero attached hydrogens (tertiary/aromatic N) is 1. The first-order chi connectivity index (χ1) is 8.58. The van der Waals surface area contributed by atoms with Crippen molar-refractivity contribution >= 4 is 33.2 Å². The maximum absolute atomic E-state index is 9.79. The Hall–Kier alpha value is -1.26. The van der Waals surface area contributed by atoms with Gasteiger partial charge in [0.05, 0.1) is 16.4 Å². The van der Waals surface area contributed by atoms with Crippen molar-refractivity contribution in [3.05, 3.63) is 51.2 Å². The molecule has 18 heavy (non-hydrogen) atoms. The van der Waals surface area contributed by atoms with Crippen LogP contribution in [0, 0.1) is 6.92 Å². The molecule has 2 N–H and O–H groups in total. The van der Waals surface area contributed by atoms with Gasteiger partial charge in [0, 0.05) is 12.1 Å². The van der Waals surface area contributed by atoms with Crippen LogP contribution in [0.3, 0.4) is 0 Å². The highest BCUT2D eigenvalue weighted by Crippen LogP contribution is 2.27. The summed E-state index contributed by atoms with van der Waals surface area (Å²) >= 11 is 9.17. The Morgan fingerprint density at radius 3 is 2.83 bits per heavy atom. The van der Waals surface area contributed by atoms with E-state index in [2.05, 4.69) is 26.2 Å². The van der Waals surface area contributed by atoms with Crippen molar-refractivity contribution in [3.63, 3.8) is 0 Å². The smallest absolute Gasteiger partial charge is 0.139 e. The number of nitrogens with one attached hydrogen (secondary N) is 1. The van der Waals surface area contributed by atoms with Crippen LogP contribution in [0.2, 0.25) is 5.02 Å². The van der Waals surface area contributed by atoms with Gasteiger partial charge in [-0.1, -0.05) is 23.7 Å². The molecular formula is C13H12BrClN2O. The van der Waals surface area contributed by atoms with Crippen LogP contribution in [0.15, 0.2) is 34.9 Å². The molecule has 3 nitrogen and oxygen atoms in total. The molecule has 0 saturated carbocycles. The van der Waals surface area contributed by atoms with Gasteiger partial charge in [0.25, 0.3) is 0 Å². The summed E-state index contributed by atoms with van der Waals surface area (Å²) in [6.45, 7) is 2.42. The molecular weight excluding hydrogens is 316 g/mol. The minimum Gasteiger partial charge on any atom is -0.506 e. The lowest BCUT2D eigenvalue weighted by atomic mass is 10.2. The number of phenols is 1. The number of benzene rings is 1. The minimum atomic E-state index is 0.120. The van der Waals surface area contributed by atoms with Gasteiger partial charge < -0.3 is 10.4 Å². The van der Waals surface area contributed by atoms with Crippen LogP contribution in [0.25, 0.3) is 0 Å². The summed E-state index contributed by atoms with van der Waals surface area (Å²) in [6.07, 6.45) is 0. The second-order valence-electron chi connectivity index (χ2n) is 3.87. The maximum atomic E-state index is 9.79. The highest BCUT2D eigenvalue weighted by molar-refractivity contribution is 9.10. The molecule has 0 aliphatic rings. The molecule has 0 unspecified atom stereocenters. The van der Waals surface area contributed by atoms with Gasteiger partial charge in [-0.3, -0.25) is 0 Å². The largest absolute Gasteiger partial charge is 0.506 e. The first-order valence-corrected chi connectivity index (χ1v) is 6.58. The summed E-state index contributed by atoms with van der Waals surface area (Å²) in [5, 5.41) is 13.4. The molecule has 0 atom stereocenters. The second kappa shape index (κ2) is 5.59. The minimum absolute atomic E-state index is 0.120. The number of halogens is 2. The number of aromatic nitrogens is 1. The van der Waals surface area contributed by atoms with Gasteiger partial charge in [-0.2, -0.15) is 0 Å². The number of pyridine rings is 1. The Labute approximate surface area is 119 Å². The van der Waals surface area contributed by atoms with Crippen LogP contribution in [0.5, 0.6) is 5.75 Å². The van der Waals surface area contributed by atoms with Crippen molar-refractivity contribution in [2.45, 2.75) is 13.5 Å². The molecule has 1 aromatic heterocycles. The maximum Gasteiger partial charge on any atom is 0.139 e. The third-order valence-electron chi connectivity index (χ3n) is 2.59. The fourth-order valence-electron chi connectivity index (χ4n) is 1.61. The van der Waals surface area contributed by atoms with E-state index in [0.29, 0.717) is 11.6 Å². The zero-order valence-corrected chi connectivity index (χ0v) is 12.1. The van der Waals surface area contributed by atoms with Gasteiger partial charge >= 0.3 is 0 Å². The zero-order chi connectivity index (χ0) is 13.1. The molecule has 2 aromatic rings. The van der Waals surface area contributed by atoms with Crippen molar-refractivity contribution in [3.8, 4) is 5.75 Å². The van der Waals surface area contributed by atoms with Crippen molar-refractivity contribution in [1.29, 1.82) is 0 Å². The molecule has 2 rings (SSSR count). The Morgan fingerprint density at radius 2 is 2.11 bits per heavy atom. The number of anilines is 1. The number of para-hydroxylation sites is 1. The zero-order valence-electron chi connectivity index (χ0n) is 9.74. The van der Waals surface area contributed by atoms with E-state index >= 15 is 0 Å². The Kier molecular flexibility index (Phi) is 4.09. The summed E-state index contributed by atoms with van der Waals surface area (Å²) in [6, 6.07) is 9.11. The van der Waals surface area contributed by atoms with Gasteiger partial charge in [-0.15, -0.1) is 0 Å². The highest BCUT2D eigenvalue weighted by atomic mass is 79.9. The first kappa shape index (κ1) is 13.2. The summed E-state index contributed by atoms with van der Waals surface area (Å²) < 4.78 is 0.802. The molecule has 0 amide bonds. The fraction of sp³-hybridized carbons (Fsp3) is 0.154. The van der Waals surface area contributed by atoms with Crippen LogP contribution < -0.4 is 5.32 Å². The quantitative estimate of drug-likeness (QED) is 0.833. The number of aromatic hydroxyl groups is 1. The van der Waals surface area contributed by atoms with Crippen LogP contribution in [0.1, 0.15) is 11.3 Å². The lowest BCUT2D eigenvalue weighted by Crippen LogP contribution is -2.02. The summed E-state index contributed by atoms with van der Waals surface area (Å²) in [4.78, 5) is 4.29. The van der Waals surface area contributed by atoms with E-state index < -0.39 is 0 Å². The van der Waals surface area contributed by atoms with Gasteiger partial charge in [0.2, 0.25) is 0 Å². The van der Waals surface area contributed by atoms with Gasteiger partial charge in [0.1, 0.15) is 10.4 Å². The summed E-state index contributed by atoms with van der Waals surface area (Å²) in [7, 11) is 0. The third kappa shape index (κ3) is 2.94.